The summed E-state index contributed by atoms with van der Waals surface area (Å²) in [5.74, 6) is 1.12. The summed E-state index contributed by atoms with van der Waals surface area (Å²) in [6.07, 6.45) is 3.95. The summed E-state index contributed by atoms with van der Waals surface area (Å²) in [5, 5.41) is 0. The Morgan fingerprint density at radius 2 is 1.32 bits per heavy atom. The lowest BCUT2D eigenvalue weighted by Gasteiger charge is -2.26. The van der Waals surface area contributed by atoms with Crippen molar-refractivity contribution in [1.82, 2.24) is 4.90 Å². The number of allylic oxidation sites excluding steroid dienone is 1. The largest absolute Gasteiger partial charge is 0.492 e. The van der Waals surface area contributed by atoms with Gasteiger partial charge in [0.05, 0.1) is 0 Å². The zero-order valence-electron chi connectivity index (χ0n) is 20.1. The van der Waals surface area contributed by atoms with Crippen LogP contribution in [0, 0.1) is 0 Å². The molecule has 1 fully saturated rings. The van der Waals surface area contributed by atoms with Crippen molar-refractivity contribution >= 4 is 17.1 Å². The second-order valence-electron chi connectivity index (χ2n) is 8.76. The van der Waals surface area contributed by atoms with Crippen LogP contribution in [0.1, 0.15) is 49.8 Å². The van der Waals surface area contributed by atoms with Crippen LogP contribution in [0.2, 0.25) is 0 Å². The van der Waals surface area contributed by atoms with Gasteiger partial charge >= 0.3 is 5.97 Å². The van der Waals surface area contributed by atoms with Crippen LogP contribution < -0.4 is 9.47 Å². The smallest absolute Gasteiger partial charge is 0.308 e. The Bertz CT molecular complexity index is 1100. The van der Waals surface area contributed by atoms with Gasteiger partial charge in [0.1, 0.15) is 18.1 Å². The lowest BCUT2D eigenvalue weighted by atomic mass is 9.90. The number of esters is 1. The number of carbonyl (C=O) groups excluding carboxylic acids is 1. The zero-order valence-corrected chi connectivity index (χ0v) is 20.1. The Labute approximate surface area is 202 Å². The number of carbonyl (C=O) groups is 1. The number of hydrogen-bond acceptors (Lipinski definition) is 4. The van der Waals surface area contributed by atoms with Gasteiger partial charge in [0, 0.05) is 13.5 Å². The number of rotatable bonds is 8. The van der Waals surface area contributed by atoms with Crippen molar-refractivity contribution in [3.63, 3.8) is 0 Å². The Kier molecular flexibility index (Phi) is 8.16. The van der Waals surface area contributed by atoms with E-state index >= 15 is 0 Å². The molecule has 1 aliphatic rings. The van der Waals surface area contributed by atoms with Crippen molar-refractivity contribution in [2.24, 2.45) is 0 Å². The molecule has 0 unspecified atom stereocenters. The molecule has 0 saturated carbocycles. The maximum atomic E-state index is 11.3. The van der Waals surface area contributed by atoms with Crippen molar-refractivity contribution in [3.05, 3.63) is 95.6 Å². The molecule has 0 spiro atoms. The second-order valence-corrected chi connectivity index (χ2v) is 8.76. The van der Waals surface area contributed by atoms with E-state index in [4.69, 9.17) is 9.47 Å². The molecule has 3 aromatic rings. The number of likely N-dealkylation sites (tertiary alicyclic amines) is 1. The quantitative estimate of drug-likeness (QED) is 0.222. The maximum absolute atomic E-state index is 11.3. The highest BCUT2D eigenvalue weighted by Crippen LogP contribution is 2.33. The van der Waals surface area contributed by atoms with Crippen LogP contribution in [-0.4, -0.2) is 37.1 Å². The Balaban J connectivity index is 1.56. The molecule has 176 valence electrons. The molecule has 0 N–H and O–H groups in total. The molecule has 0 atom stereocenters. The van der Waals surface area contributed by atoms with Crippen molar-refractivity contribution < 1.29 is 14.3 Å². The topological polar surface area (TPSA) is 38.8 Å². The first kappa shape index (κ1) is 23.8. The van der Waals surface area contributed by atoms with Gasteiger partial charge in [-0.05, 0) is 85.0 Å². The molecule has 0 radical (unpaired) electrons. The molecular weight excluding hydrogens is 422 g/mol. The molecule has 0 aliphatic carbocycles. The highest BCUT2D eigenvalue weighted by atomic mass is 16.5. The molecule has 0 aromatic heterocycles. The molecule has 1 saturated heterocycles. The van der Waals surface area contributed by atoms with E-state index in [1.165, 1.54) is 50.4 Å². The summed E-state index contributed by atoms with van der Waals surface area (Å²) in [6, 6.07) is 26.4. The van der Waals surface area contributed by atoms with Gasteiger partial charge in [0.2, 0.25) is 0 Å². The fourth-order valence-electron chi connectivity index (χ4n) is 4.48. The average molecular weight is 456 g/mol. The summed E-state index contributed by atoms with van der Waals surface area (Å²) in [6.45, 7) is 7.62. The van der Waals surface area contributed by atoms with Crippen LogP contribution in [-0.2, 0) is 4.79 Å². The molecule has 0 bridgehead atoms. The van der Waals surface area contributed by atoms with E-state index < -0.39 is 0 Å². The Morgan fingerprint density at radius 3 is 1.91 bits per heavy atom. The van der Waals surface area contributed by atoms with Gasteiger partial charge in [-0.2, -0.15) is 0 Å². The minimum Gasteiger partial charge on any atom is -0.492 e. The highest BCUT2D eigenvalue weighted by molar-refractivity contribution is 5.98. The molecule has 1 aliphatic heterocycles. The standard InChI is InChI=1S/C30H33NO3/c1-23(25-9-5-3-6-10-25)30(27-13-17-29(18-14-27)34-24(2)32)26-11-15-28(16-12-26)33-22-21-31-19-7-4-8-20-31/h3,5-6,9-18H,4,7-8,19-22H2,1-2H3/b30-23-. The van der Waals surface area contributed by atoms with Crippen molar-refractivity contribution in [2.45, 2.75) is 33.1 Å². The fourth-order valence-corrected chi connectivity index (χ4v) is 4.48. The third-order valence-corrected chi connectivity index (χ3v) is 6.25. The SMILES string of the molecule is CC(=O)Oc1ccc(/C(=C(/C)c2ccccc2)c2ccc(OCCN3CCCCC3)cc2)cc1. The molecule has 1 heterocycles. The van der Waals surface area contributed by atoms with E-state index in [1.54, 1.807) is 0 Å². The number of ether oxygens (including phenoxy) is 2. The third-order valence-electron chi connectivity index (χ3n) is 6.25. The summed E-state index contributed by atoms with van der Waals surface area (Å²) < 4.78 is 11.3. The summed E-state index contributed by atoms with van der Waals surface area (Å²) in [7, 11) is 0. The first-order chi connectivity index (χ1) is 16.6. The van der Waals surface area contributed by atoms with Gasteiger partial charge in [-0.25, -0.2) is 0 Å². The lowest BCUT2D eigenvalue weighted by Crippen LogP contribution is -2.33. The Hall–Kier alpha value is -3.37. The van der Waals surface area contributed by atoms with Gasteiger partial charge in [-0.15, -0.1) is 0 Å². The van der Waals surface area contributed by atoms with Crippen LogP contribution in [0.4, 0.5) is 0 Å². The van der Waals surface area contributed by atoms with Gasteiger partial charge in [0.15, 0.2) is 0 Å². The number of nitrogens with zero attached hydrogens (tertiary/aromatic N) is 1. The van der Waals surface area contributed by atoms with E-state index in [9.17, 15) is 4.79 Å². The molecule has 4 nitrogen and oxygen atoms in total. The predicted molar refractivity (Wildman–Crippen MR) is 138 cm³/mol. The number of piperidine rings is 1. The van der Waals surface area contributed by atoms with Gasteiger partial charge in [-0.3, -0.25) is 9.69 Å². The van der Waals surface area contributed by atoms with E-state index in [1.807, 2.05) is 30.3 Å². The molecule has 4 heteroatoms. The van der Waals surface area contributed by atoms with Crippen molar-refractivity contribution in [1.29, 1.82) is 0 Å². The fraction of sp³-hybridized carbons (Fsp3) is 0.300. The number of benzene rings is 3. The first-order valence-electron chi connectivity index (χ1n) is 12.1. The molecule has 34 heavy (non-hydrogen) atoms. The summed E-state index contributed by atoms with van der Waals surface area (Å²) >= 11 is 0. The minimum atomic E-state index is -0.320. The first-order valence-corrected chi connectivity index (χ1v) is 12.1. The van der Waals surface area contributed by atoms with Crippen LogP contribution in [0.5, 0.6) is 11.5 Å². The van der Waals surface area contributed by atoms with E-state index in [0.29, 0.717) is 12.4 Å². The number of hydrogen-bond donors (Lipinski definition) is 0. The van der Waals surface area contributed by atoms with E-state index in [2.05, 4.69) is 60.4 Å². The normalized spacial score (nSPS) is 14.9. The lowest BCUT2D eigenvalue weighted by molar-refractivity contribution is -0.131. The highest BCUT2D eigenvalue weighted by Gasteiger charge is 2.13. The monoisotopic (exact) mass is 455 g/mol. The maximum Gasteiger partial charge on any atom is 0.308 e. The summed E-state index contributed by atoms with van der Waals surface area (Å²) in [5.41, 5.74) is 5.67. The Morgan fingerprint density at radius 1 is 0.735 bits per heavy atom. The van der Waals surface area contributed by atoms with Crippen molar-refractivity contribution in [2.75, 3.05) is 26.2 Å². The van der Waals surface area contributed by atoms with Gasteiger partial charge in [0.25, 0.3) is 0 Å². The van der Waals surface area contributed by atoms with Gasteiger partial charge < -0.3 is 9.47 Å². The van der Waals surface area contributed by atoms with E-state index in [-0.39, 0.29) is 5.97 Å². The molecule has 0 amide bonds. The summed E-state index contributed by atoms with van der Waals surface area (Å²) in [4.78, 5) is 13.8. The van der Waals surface area contributed by atoms with Crippen LogP contribution in [0.25, 0.3) is 11.1 Å². The van der Waals surface area contributed by atoms with Gasteiger partial charge in [-0.1, -0.05) is 61.0 Å². The average Bonchev–Trinajstić information content (AvgIpc) is 2.87. The second kappa shape index (κ2) is 11.7. The third kappa shape index (κ3) is 6.36. The molecule has 4 rings (SSSR count). The minimum absolute atomic E-state index is 0.320. The van der Waals surface area contributed by atoms with Crippen LogP contribution in [0.3, 0.4) is 0 Å². The molecular formula is C30H33NO3. The van der Waals surface area contributed by atoms with Crippen LogP contribution in [0.15, 0.2) is 78.9 Å². The zero-order chi connectivity index (χ0) is 23.8. The molecule has 3 aromatic carbocycles. The van der Waals surface area contributed by atoms with Crippen molar-refractivity contribution in [3.8, 4) is 11.5 Å². The predicted octanol–water partition coefficient (Wildman–Crippen LogP) is 6.46. The van der Waals surface area contributed by atoms with E-state index in [0.717, 1.165) is 29.0 Å². The van der Waals surface area contributed by atoms with Crippen LogP contribution >= 0.6 is 0 Å².